The number of nitrogens with one attached hydrogen (secondary N) is 1. The van der Waals surface area contributed by atoms with Crippen molar-refractivity contribution in [2.75, 3.05) is 32.8 Å². The molecule has 0 aliphatic carbocycles. The second-order valence-corrected chi connectivity index (χ2v) is 7.72. The molecule has 1 aliphatic heterocycles. The lowest BCUT2D eigenvalue weighted by molar-refractivity contribution is 0.0161. The van der Waals surface area contributed by atoms with E-state index in [9.17, 15) is 9.59 Å². The Balaban J connectivity index is 1.57. The molecule has 1 amide bonds. The van der Waals surface area contributed by atoms with Gasteiger partial charge in [0.15, 0.2) is 11.2 Å². The fourth-order valence-electron chi connectivity index (χ4n) is 4.02. The summed E-state index contributed by atoms with van der Waals surface area (Å²) in [5.74, 6) is -0.351. The van der Waals surface area contributed by atoms with Crippen molar-refractivity contribution in [1.29, 1.82) is 0 Å². The monoisotopic (exact) mass is 406 g/mol. The first-order chi connectivity index (χ1) is 14.5. The molecule has 2 heterocycles. The van der Waals surface area contributed by atoms with Gasteiger partial charge in [0.25, 0.3) is 5.91 Å². The maximum absolute atomic E-state index is 12.9. The van der Waals surface area contributed by atoms with Gasteiger partial charge in [-0.25, -0.2) is 0 Å². The summed E-state index contributed by atoms with van der Waals surface area (Å²) in [6.45, 7) is 7.19. The second-order valence-electron chi connectivity index (χ2n) is 7.72. The predicted molar refractivity (Wildman–Crippen MR) is 116 cm³/mol. The Labute approximate surface area is 175 Å². The largest absolute Gasteiger partial charge is 0.450 e. The summed E-state index contributed by atoms with van der Waals surface area (Å²) in [4.78, 5) is 27.7. The lowest BCUT2D eigenvalue weighted by Gasteiger charge is -2.34. The molecule has 0 bridgehead atoms. The van der Waals surface area contributed by atoms with Gasteiger partial charge in [-0.2, -0.15) is 0 Å². The minimum Gasteiger partial charge on any atom is -0.450 e. The number of amides is 1. The van der Waals surface area contributed by atoms with Crippen LogP contribution in [0.25, 0.3) is 11.0 Å². The van der Waals surface area contributed by atoms with Crippen molar-refractivity contribution in [3.05, 3.63) is 81.2 Å². The molecule has 4 rings (SSSR count). The molecule has 0 saturated carbocycles. The summed E-state index contributed by atoms with van der Waals surface area (Å²) in [6.07, 6.45) is 0. The molecule has 156 valence electrons. The van der Waals surface area contributed by atoms with Crippen molar-refractivity contribution in [2.45, 2.75) is 19.9 Å². The van der Waals surface area contributed by atoms with Crippen LogP contribution < -0.4 is 10.7 Å². The molecule has 0 unspecified atom stereocenters. The highest BCUT2D eigenvalue weighted by Crippen LogP contribution is 2.22. The van der Waals surface area contributed by atoms with Crippen molar-refractivity contribution in [2.24, 2.45) is 0 Å². The van der Waals surface area contributed by atoms with Gasteiger partial charge >= 0.3 is 0 Å². The quantitative estimate of drug-likeness (QED) is 0.705. The van der Waals surface area contributed by atoms with Gasteiger partial charge in [-0.3, -0.25) is 14.5 Å². The van der Waals surface area contributed by atoms with Crippen molar-refractivity contribution in [3.63, 3.8) is 0 Å². The molecule has 1 aromatic heterocycles. The SMILES string of the molecule is Cc1cc(C)c2oc(C(=O)NC[C@H](c3ccccc3)N3CCOCC3)cc(=O)c2c1. The number of aryl methyl sites for hydroxylation is 2. The Bertz CT molecular complexity index is 1100. The van der Waals surface area contributed by atoms with Crippen LogP contribution in [-0.4, -0.2) is 43.7 Å². The third-order valence-corrected chi connectivity index (χ3v) is 5.51. The summed E-state index contributed by atoms with van der Waals surface area (Å²) in [5.41, 5.74) is 3.21. The van der Waals surface area contributed by atoms with Crippen LogP contribution in [0.15, 0.2) is 57.7 Å². The van der Waals surface area contributed by atoms with Gasteiger partial charge in [0.2, 0.25) is 0 Å². The smallest absolute Gasteiger partial charge is 0.287 e. The average Bonchev–Trinajstić information content (AvgIpc) is 2.76. The summed E-state index contributed by atoms with van der Waals surface area (Å²) in [5, 5.41) is 3.46. The number of benzene rings is 2. The van der Waals surface area contributed by atoms with Gasteiger partial charge in [0.05, 0.1) is 24.6 Å². The molecular weight excluding hydrogens is 380 g/mol. The predicted octanol–water partition coefficient (Wildman–Crippen LogP) is 3.21. The summed E-state index contributed by atoms with van der Waals surface area (Å²) < 4.78 is 11.3. The van der Waals surface area contributed by atoms with Gasteiger partial charge in [-0.05, 0) is 36.6 Å². The lowest BCUT2D eigenvalue weighted by Crippen LogP contribution is -2.43. The maximum Gasteiger partial charge on any atom is 0.287 e. The number of carbonyl (C=O) groups is 1. The first kappa shape index (κ1) is 20.3. The zero-order chi connectivity index (χ0) is 21.1. The van der Waals surface area contributed by atoms with Crippen LogP contribution in [0.1, 0.15) is 33.3 Å². The van der Waals surface area contributed by atoms with Crippen LogP contribution in [-0.2, 0) is 4.74 Å². The Morgan fingerprint density at radius 1 is 1.10 bits per heavy atom. The van der Waals surface area contributed by atoms with Crippen molar-refractivity contribution in [1.82, 2.24) is 10.2 Å². The molecule has 0 radical (unpaired) electrons. The molecule has 30 heavy (non-hydrogen) atoms. The highest BCUT2D eigenvalue weighted by molar-refractivity contribution is 5.93. The number of hydrogen-bond donors (Lipinski definition) is 1. The van der Waals surface area contributed by atoms with Crippen LogP contribution in [0.4, 0.5) is 0 Å². The number of nitrogens with zero attached hydrogens (tertiary/aromatic N) is 1. The van der Waals surface area contributed by atoms with Gasteiger partial charge < -0.3 is 14.5 Å². The van der Waals surface area contributed by atoms with E-state index in [-0.39, 0.29) is 23.1 Å². The van der Waals surface area contributed by atoms with E-state index in [0.29, 0.717) is 30.7 Å². The zero-order valence-corrected chi connectivity index (χ0v) is 17.3. The topological polar surface area (TPSA) is 71.8 Å². The highest BCUT2D eigenvalue weighted by Gasteiger charge is 2.24. The third-order valence-electron chi connectivity index (χ3n) is 5.51. The van der Waals surface area contributed by atoms with Gasteiger partial charge in [-0.15, -0.1) is 0 Å². The number of morpholine rings is 1. The molecule has 1 atom stereocenters. The Morgan fingerprint density at radius 3 is 2.57 bits per heavy atom. The van der Waals surface area contributed by atoms with E-state index in [4.69, 9.17) is 9.15 Å². The minimum absolute atomic E-state index is 0.0237. The number of hydrogen-bond acceptors (Lipinski definition) is 5. The molecule has 6 nitrogen and oxygen atoms in total. The number of rotatable bonds is 5. The highest BCUT2D eigenvalue weighted by atomic mass is 16.5. The van der Waals surface area contributed by atoms with Gasteiger partial charge in [0, 0.05) is 25.7 Å². The minimum atomic E-state index is -0.386. The third kappa shape index (κ3) is 4.30. The first-order valence-electron chi connectivity index (χ1n) is 10.2. The average molecular weight is 406 g/mol. The summed E-state index contributed by atoms with van der Waals surface area (Å²) in [6, 6.07) is 15.1. The van der Waals surface area contributed by atoms with Crippen molar-refractivity contribution >= 4 is 16.9 Å². The molecule has 1 N–H and O–H groups in total. The van der Waals surface area contributed by atoms with E-state index in [0.717, 1.165) is 29.8 Å². The van der Waals surface area contributed by atoms with Crippen LogP contribution in [0.5, 0.6) is 0 Å². The Morgan fingerprint density at radius 2 is 1.83 bits per heavy atom. The van der Waals surface area contributed by atoms with Crippen LogP contribution in [0.3, 0.4) is 0 Å². The fourth-order valence-corrected chi connectivity index (χ4v) is 4.02. The van der Waals surface area contributed by atoms with Crippen molar-refractivity contribution < 1.29 is 13.9 Å². The van der Waals surface area contributed by atoms with E-state index in [1.54, 1.807) is 6.07 Å². The molecule has 3 aromatic rings. The Hall–Kier alpha value is -2.96. The zero-order valence-electron chi connectivity index (χ0n) is 17.3. The molecular formula is C24H26N2O4. The molecule has 1 saturated heterocycles. The van der Waals surface area contributed by atoms with E-state index >= 15 is 0 Å². The van der Waals surface area contributed by atoms with Crippen LogP contribution >= 0.6 is 0 Å². The maximum atomic E-state index is 12.9. The second kappa shape index (κ2) is 8.81. The standard InChI is InChI=1S/C24H26N2O4/c1-16-12-17(2)23-19(13-16)21(27)14-22(30-23)24(28)25-15-20(18-6-4-3-5-7-18)26-8-10-29-11-9-26/h3-7,12-14,20H,8-11,15H2,1-2H3,(H,25,28)/t20-/m1/s1. The molecule has 1 fully saturated rings. The normalized spacial score (nSPS) is 15.8. The first-order valence-corrected chi connectivity index (χ1v) is 10.2. The van der Waals surface area contributed by atoms with E-state index < -0.39 is 0 Å². The summed E-state index contributed by atoms with van der Waals surface area (Å²) >= 11 is 0. The fraction of sp³-hybridized carbons (Fsp3) is 0.333. The van der Waals surface area contributed by atoms with E-state index in [1.807, 2.05) is 38.1 Å². The number of fused-ring (bicyclic) bond motifs is 1. The number of ether oxygens (including phenoxy) is 1. The molecule has 0 spiro atoms. The van der Waals surface area contributed by atoms with Crippen LogP contribution in [0, 0.1) is 13.8 Å². The summed E-state index contributed by atoms with van der Waals surface area (Å²) in [7, 11) is 0. The Kier molecular flexibility index (Phi) is 5.97. The molecule has 1 aliphatic rings. The van der Waals surface area contributed by atoms with E-state index in [2.05, 4.69) is 22.3 Å². The number of carbonyl (C=O) groups excluding carboxylic acids is 1. The van der Waals surface area contributed by atoms with E-state index in [1.165, 1.54) is 6.07 Å². The van der Waals surface area contributed by atoms with Gasteiger partial charge in [0.1, 0.15) is 5.58 Å². The molecule has 6 heteroatoms. The molecule has 2 aromatic carbocycles. The van der Waals surface area contributed by atoms with Crippen molar-refractivity contribution in [3.8, 4) is 0 Å². The van der Waals surface area contributed by atoms with Crippen LogP contribution in [0.2, 0.25) is 0 Å². The lowest BCUT2D eigenvalue weighted by atomic mass is 10.0. The van der Waals surface area contributed by atoms with Gasteiger partial charge in [-0.1, -0.05) is 36.4 Å².